The van der Waals surface area contributed by atoms with Gasteiger partial charge >= 0.3 is 0 Å². The van der Waals surface area contributed by atoms with Crippen LogP contribution in [0.5, 0.6) is 0 Å². The van der Waals surface area contributed by atoms with Crippen molar-refractivity contribution < 1.29 is 10.2 Å². The van der Waals surface area contributed by atoms with E-state index < -0.39 is 0 Å². The molecule has 0 aliphatic heterocycles. The standard InChI is InChI=1S/C10H12O2/c11-4-6-3-8-9(6)7-1-2-10(7,8)5-12/h1-3,7-9,11-12H,4-5H2/t7-,8+,9+,10+/m1/s1. The molecule has 2 N–H and O–H groups in total. The third kappa shape index (κ3) is 0.450. The zero-order valence-corrected chi connectivity index (χ0v) is 6.77. The summed E-state index contributed by atoms with van der Waals surface area (Å²) in [6.45, 7) is 0.470. The second-order valence-corrected chi connectivity index (χ2v) is 4.11. The zero-order chi connectivity index (χ0) is 8.34. The number of hydrogen-bond donors (Lipinski definition) is 2. The summed E-state index contributed by atoms with van der Waals surface area (Å²) in [5.41, 5.74) is 1.27. The monoisotopic (exact) mass is 164 g/mol. The average Bonchev–Trinajstić information content (AvgIpc) is 2.05. The minimum Gasteiger partial charge on any atom is -0.395 e. The van der Waals surface area contributed by atoms with Crippen LogP contribution < -0.4 is 0 Å². The highest BCUT2D eigenvalue weighted by Gasteiger charge is 2.66. The molecule has 0 unspecified atom stereocenters. The van der Waals surface area contributed by atoms with Crippen LogP contribution in [0.25, 0.3) is 0 Å². The Morgan fingerprint density at radius 3 is 2.58 bits per heavy atom. The first-order valence-corrected chi connectivity index (χ1v) is 4.45. The first-order valence-electron chi connectivity index (χ1n) is 4.45. The molecule has 0 aromatic heterocycles. The lowest BCUT2D eigenvalue weighted by molar-refractivity contribution is -0.0952. The molecule has 0 aromatic carbocycles. The van der Waals surface area contributed by atoms with Gasteiger partial charge in [-0.3, -0.25) is 0 Å². The SMILES string of the molecule is OCC1=C[C@H]2[C@@H]1[C@H]1C=C[C@]12CO. The van der Waals surface area contributed by atoms with Crippen LogP contribution in [-0.2, 0) is 0 Å². The Bertz CT molecular complexity index is 292. The molecule has 1 fully saturated rings. The van der Waals surface area contributed by atoms with Crippen LogP contribution in [0.1, 0.15) is 0 Å². The van der Waals surface area contributed by atoms with E-state index >= 15 is 0 Å². The van der Waals surface area contributed by atoms with Crippen molar-refractivity contribution in [3.63, 3.8) is 0 Å². The fourth-order valence-corrected chi connectivity index (χ4v) is 3.05. The molecule has 2 nitrogen and oxygen atoms in total. The smallest absolute Gasteiger partial charge is 0.0645 e. The number of fused-ring (bicyclic) bond motifs is 4. The van der Waals surface area contributed by atoms with Crippen molar-refractivity contribution in [1.29, 1.82) is 0 Å². The second-order valence-electron chi connectivity index (χ2n) is 4.11. The normalized spacial score (nSPS) is 52.5. The van der Waals surface area contributed by atoms with Crippen LogP contribution in [0.2, 0.25) is 0 Å². The van der Waals surface area contributed by atoms with Gasteiger partial charge in [-0.25, -0.2) is 0 Å². The van der Waals surface area contributed by atoms with Gasteiger partial charge in [0.25, 0.3) is 0 Å². The molecule has 0 bridgehead atoms. The number of aliphatic hydroxyl groups is 2. The van der Waals surface area contributed by atoms with Crippen molar-refractivity contribution in [2.24, 2.45) is 23.2 Å². The van der Waals surface area contributed by atoms with Gasteiger partial charge in [-0.1, -0.05) is 18.2 Å². The van der Waals surface area contributed by atoms with Crippen LogP contribution in [0.4, 0.5) is 0 Å². The molecular formula is C10H12O2. The van der Waals surface area contributed by atoms with Gasteiger partial charge < -0.3 is 10.2 Å². The predicted octanol–water partition coefficient (Wildman–Crippen LogP) is 0.329. The van der Waals surface area contributed by atoms with Crippen molar-refractivity contribution in [3.8, 4) is 0 Å². The highest BCUT2D eigenvalue weighted by Crippen LogP contribution is 2.69. The molecule has 4 atom stereocenters. The minimum atomic E-state index is 0.0866. The lowest BCUT2D eigenvalue weighted by atomic mass is 9.36. The summed E-state index contributed by atoms with van der Waals surface area (Å²) >= 11 is 0. The van der Waals surface area contributed by atoms with E-state index in [9.17, 15) is 5.11 Å². The molecule has 2 heteroatoms. The Labute approximate surface area is 71.2 Å². The molecule has 0 aromatic rings. The van der Waals surface area contributed by atoms with Crippen LogP contribution in [-0.4, -0.2) is 23.4 Å². The number of rotatable bonds is 2. The van der Waals surface area contributed by atoms with Crippen LogP contribution in [0.3, 0.4) is 0 Å². The minimum absolute atomic E-state index is 0.0866. The van der Waals surface area contributed by atoms with E-state index in [0.717, 1.165) is 0 Å². The Morgan fingerprint density at radius 1 is 1.33 bits per heavy atom. The van der Waals surface area contributed by atoms with Gasteiger partial charge in [0.15, 0.2) is 0 Å². The zero-order valence-electron chi connectivity index (χ0n) is 6.77. The predicted molar refractivity (Wildman–Crippen MR) is 44.3 cm³/mol. The van der Waals surface area contributed by atoms with Crippen molar-refractivity contribution >= 4 is 0 Å². The highest BCUT2D eigenvalue weighted by atomic mass is 16.3. The molecular weight excluding hydrogens is 152 g/mol. The summed E-state index contributed by atoms with van der Waals surface area (Å²) < 4.78 is 0. The third-order valence-electron chi connectivity index (χ3n) is 3.91. The molecule has 0 heterocycles. The maximum atomic E-state index is 9.20. The van der Waals surface area contributed by atoms with E-state index in [2.05, 4.69) is 18.2 Å². The first-order chi connectivity index (χ1) is 5.83. The largest absolute Gasteiger partial charge is 0.395 e. The van der Waals surface area contributed by atoms with Gasteiger partial charge in [0, 0.05) is 5.41 Å². The van der Waals surface area contributed by atoms with Crippen molar-refractivity contribution in [1.82, 2.24) is 0 Å². The second kappa shape index (κ2) is 1.83. The molecule has 12 heavy (non-hydrogen) atoms. The molecule has 3 rings (SSSR count). The Kier molecular flexibility index (Phi) is 1.05. The van der Waals surface area contributed by atoms with Gasteiger partial charge in [-0.05, 0) is 23.3 Å². The van der Waals surface area contributed by atoms with E-state index in [1.807, 2.05) is 0 Å². The van der Waals surface area contributed by atoms with Gasteiger partial charge in [-0.15, -0.1) is 0 Å². The summed E-state index contributed by atoms with van der Waals surface area (Å²) in [6, 6.07) is 0. The lowest BCUT2D eigenvalue weighted by Gasteiger charge is -2.68. The Hall–Kier alpha value is -0.600. The van der Waals surface area contributed by atoms with Gasteiger partial charge in [0.1, 0.15) is 0 Å². The summed E-state index contributed by atoms with van der Waals surface area (Å²) in [4.78, 5) is 0. The molecule has 0 saturated heterocycles. The fraction of sp³-hybridized carbons (Fsp3) is 0.600. The average molecular weight is 164 g/mol. The fourth-order valence-electron chi connectivity index (χ4n) is 3.05. The Morgan fingerprint density at radius 2 is 2.17 bits per heavy atom. The maximum Gasteiger partial charge on any atom is 0.0645 e. The van der Waals surface area contributed by atoms with Crippen LogP contribution in [0, 0.1) is 23.2 Å². The Balaban J connectivity index is 1.90. The highest BCUT2D eigenvalue weighted by molar-refractivity contribution is 5.45. The molecule has 64 valence electrons. The van der Waals surface area contributed by atoms with Crippen molar-refractivity contribution in [3.05, 3.63) is 23.8 Å². The summed E-state index contributed by atoms with van der Waals surface area (Å²) in [5.74, 6) is 1.62. The number of hydrogen-bond acceptors (Lipinski definition) is 2. The van der Waals surface area contributed by atoms with E-state index in [-0.39, 0.29) is 18.6 Å². The van der Waals surface area contributed by atoms with Gasteiger partial charge in [-0.2, -0.15) is 0 Å². The summed E-state index contributed by atoms with van der Waals surface area (Å²) in [6.07, 6.45) is 6.42. The van der Waals surface area contributed by atoms with E-state index in [0.29, 0.717) is 17.8 Å². The third-order valence-corrected chi connectivity index (χ3v) is 3.91. The molecule has 0 radical (unpaired) electrons. The molecule has 1 saturated carbocycles. The number of aliphatic hydroxyl groups excluding tert-OH is 2. The first kappa shape index (κ1) is 6.87. The number of allylic oxidation sites excluding steroid dienone is 2. The molecule has 3 aliphatic rings. The van der Waals surface area contributed by atoms with E-state index in [1.54, 1.807) is 0 Å². The lowest BCUT2D eigenvalue weighted by Crippen LogP contribution is -2.65. The van der Waals surface area contributed by atoms with Crippen molar-refractivity contribution in [2.75, 3.05) is 13.2 Å². The molecule has 3 aliphatic carbocycles. The summed E-state index contributed by atoms with van der Waals surface area (Å²) in [5, 5.41) is 18.1. The van der Waals surface area contributed by atoms with E-state index in [1.165, 1.54) is 5.57 Å². The van der Waals surface area contributed by atoms with Crippen LogP contribution in [0.15, 0.2) is 23.8 Å². The molecule has 0 spiro atoms. The summed E-state index contributed by atoms with van der Waals surface area (Å²) in [7, 11) is 0. The topological polar surface area (TPSA) is 40.5 Å². The van der Waals surface area contributed by atoms with Gasteiger partial charge in [0.2, 0.25) is 0 Å². The van der Waals surface area contributed by atoms with Crippen LogP contribution >= 0.6 is 0 Å². The molecule has 0 amide bonds. The van der Waals surface area contributed by atoms with Gasteiger partial charge in [0.05, 0.1) is 13.2 Å². The maximum absolute atomic E-state index is 9.20. The quantitative estimate of drug-likeness (QED) is 0.577. The van der Waals surface area contributed by atoms with E-state index in [4.69, 9.17) is 5.11 Å². The van der Waals surface area contributed by atoms with Crippen molar-refractivity contribution in [2.45, 2.75) is 0 Å².